The van der Waals surface area contributed by atoms with Gasteiger partial charge in [-0.25, -0.2) is 0 Å². The van der Waals surface area contributed by atoms with Crippen LogP contribution in [0.25, 0.3) is 0 Å². The van der Waals surface area contributed by atoms with Crippen molar-refractivity contribution in [2.24, 2.45) is 5.92 Å². The Kier molecular flexibility index (Phi) is 5.22. The van der Waals surface area contributed by atoms with Gasteiger partial charge in [0.05, 0.1) is 0 Å². The molecule has 2 rings (SSSR count). The first kappa shape index (κ1) is 15.1. The van der Waals surface area contributed by atoms with E-state index in [0.717, 1.165) is 18.0 Å². The van der Waals surface area contributed by atoms with E-state index in [-0.39, 0.29) is 5.78 Å². The highest BCUT2D eigenvalue weighted by atomic mass is 16.1. The minimum Gasteiger partial charge on any atom is -0.369 e. The van der Waals surface area contributed by atoms with Crippen molar-refractivity contribution in [2.75, 3.05) is 11.4 Å². The molecule has 2 heteroatoms. The summed E-state index contributed by atoms with van der Waals surface area (Å²) in [5.41, 5.74) is 2.09. The molecule has 0 amide bonds. The lowest BCUT2D eigenvalue weighted by atomic mass is 10.1. The number of carbonyl (C=O) groups excluding carboxylic acids is 1. The number of hydrogen-bond donors (Lipinski definition) is 0. The zero-order valence-corrected chi connectivity index (χ0v) is 13.1. The molecule has 0 unspecified atom stereocenters. The van der Waals surface area contributed by atoms with Gasteiger partial charge in [-0.3, -0.25) is 4.79 Å². The summed E-state index contributed by atoms with van der Waals surface area (Å²) in [6.45, 7) is 7.32. The van der Waals surface area contributed by atoms with Crippen LogP contribution >= 0.6 is 0 Å². The fourth-order valence-electron chi connectivity index (χ4n) is 3.02. The minimum atomic E-state index is 0.145. The lowest BCUT2D eigenvalue weighted by molar-refractivity contribution is 0.101. The Labute approximate surface area is 123 Å². The van der Waals surface area contributed by atoms with Crippen molar-refractivity contribution in [3.8, 4) is 0 Å². The summed E-state index contributed by atoms with van der Waals surface area (Å²) in [7, 11) is 0. The topological polar surface area (TPSA) is 20.3 Å². The number of carbonyl (C=O) groups is 1. The summed E-state index contributed by atoms with van der Waals surface area (Å²) in [6, 6.07) is 8.87. The van der Waals surface area contributed by atoms with Gasteiger partial charge in [-0.2, -0.15) is 0 Å². The fourth-order valence-corrected chi connectivity index (χ4v) is 3.02. The van der Waals surface area contributed by atoms with Crippen molar-refractivity contribution in [3.05, 3.63) is 29.8 Å². The first-order chi connectivity index (χ1) is 9.58. The van der Waals surface area contributed by atoms with E-state index in [0.29, 0.717) is 6.04 Å². The predicted octanol–water partition coefficient (Wildman–Crippen LogP) is 4.68. The second kappa shape index (κ2) is 6.92. The Morgan fingerprint density at radius 1 is 1.20 bits per heavy atom. The van der Waals surface area contributed by atoms with Gasteiger partial charge in [-0.05, 0) is 56.4 Å². The molecule has 0 N–H and O–H groups in total. The van der Waals surface area contributed by atoms with Crippen molar-refractivity contribution in [1.29, 1.82) is 0 Å². The maximum atomic E-state index is 11.4. The maximum Gasteiger partial charge on any atom is 0.159 e. The predicted molar refractivity (Wildman–Crippen MR) is 85.5 cm³/mol. The Morgan fingerprint density at radius 3 is 2.30 bits per heavy atom. The van der Waals surface area contributed by atoms with Crippen molar-refractivity contribution in [3.63, 3.8) is 0 Å². The largest absolute Gasteiger partial charge is 0.369 e. The van der Waals surface area contributed by atoms with Gasteiger partial charge in [-0.15, -0.1) is 0 Å². The van der Waals surface area contributed by atoms with Crippen LogP contribution in [0.2, 0.25) is 0 Å². The van der Waals surface area contributed by atoms with Gasteiger partial charge >= 0.3 is 0 Å². The van der Waals surface area contributed by atoms with Crippen molar-refractivity contribution >= 4 is 11.5 Å². The molecule has 0 radical (unpaired) electrons. The summed E-state index contributed by atoms with van der Waals surface area (Å²) in [5, 5.41) is 0. The highest BCUT2D eigenvalue weighted by Crippen LogP contribution is 2.29. The average molecular weight is 273 g/mol. The molecule has 1 aromatic carbocycles. The standard InChI is InChI=1S/C18H27NO/c1-14(2)12-13-19(17-6-4-5-7-17)18-10-8-16(9-11-18)15(3)20/h8-11,14,17H,4-7,12-13H2,1-3H3. The van der Waals surface area contributed by atoms with E-state index in [1.165, 1.54) is 37.8 Å². The summed E-state index contributed by atoms with van der Waals surface area (Å²) in [6.07, 6.45) is 6.56. The highest BCUT2D eigenvalue weighted by Gasteiger charge is 2.22. The molecule has 20 heavy (non-hydrogen) atoms. The highest BCUT2D eigenvalue weighted by molar-refractivity contribution is 5.94. The van der Waals surface area contributed by atoms with E-state index >= 15 is 0 Å². The fraction of sp³-hybridized carbons (Fsp3) is 0.611. The third kappa shape index (κ3) is 3.84. The van der Waals surface area contributed by atoms with Gasteiger partial charge < -0.3 is 4.90 Å². The van der Waals surface area contributed by atoms with Crippen LogP contribution in [0, 0.1) is 5.92 Å². The molecule has 1 aliphatic rings. The van der Waals surface area contributed by atoms with Crippen LogP contribution < -0.4 is 4.90 Å². The van der Waals surface area contributed by atoms with Crippen molar-refractivity contribution in [2.45, 2.75) is 58.9 Å². The summed E-state index contributed by atoms with van der Waals surface area (Å²) in [4.78, 5) is 14.0. The Balaban J connectivity index is 2.13. The first-order valence-corrected chi connectivity index (χ1v) is 7.95. The summed E-state index contributed by atoms with van der Waals surface area (Å²) >= 11 is 0. The molecule has 1 aromatic rings. The van der Waals surface area contributed by atoms with Gasteiger partial charge in [-0.1, -0.05) is 26.7 Å². The summed E-state index contributed by atoms with van der Waals surface area (Å²) < 4.78 is 0. The molecule has 0 bridgehead atoms. The number of benzene rings is 1. The number of nitrogens with zero attached hydrogens (tertiary/aromatic N) is 1. The second-order valence-electron chi connectivity index (χ2n) is 6.42. The van der Waals surface area contributed by atoms with E-state index in [2.05, 4.69) is 30.9 Å². The molecule has 0 spiro atoms. The quantitative estimate of drug-likeness (QED) is 0.701. The molecule has 110 valence electrons. The molecular formula is C18H27NO. The normalized spacial score (nSPS) is 15.8. The zero-order chi connectivity index (χ0) is 14.5. The van der Waals surface area contributed by atoms with Crippen LogP contribution in [-0.2, 0) is 0 Å². The SMILES string of the molecule is CC(=O)c1ccc(N(CCC(C)C)C2CCCC2)cc1. The molecule has 0 saturated heterocycles. The Morgan fingerprint density at radius 2 is 1.80 bits per heavy atom. The number of Topliss-reactive ketones (excluding diaryl/α,β-unsaturated/α-hetero) is 1. The van der Waals surface area contributed by atoms with E-state index in [1.807, 2.05) is 12.1 Å². The van der Waals surface area contributed by atoms with Crippen LogP contribution in [0.15, 0.2) is 24.3 Å². The molecular weight excluding hydrogens is 246 g/mol. The molecule has 0 atom stereocenters. The lowest BCUT2D eigenvalue weighted by Gasteiger charge is -2.32. The molecule has 2 nitrogen and oxygen atoms in total. The Bertz CT molecular complexity index is 429. The van der Waals surface area contributed by atoms with Crippen LogP contribution in [-0.4, -0.2) is 18.4 Å². The molecule has 1 fully saturated rings. The molecule has 0 aromatic heterocycles. The maximum absolute atomic E-state index is 11.4. The van der Waals surface area contributed by atoms with E-state index in [9.17, 15) is 4.79 Å². The average Bonchev–Trinajstić information content (AvgIpc) is 2.93. The van der Waals surface area contributed by atoms with Gasteiger partial charge in [0.15, 0.2) is 5.78 Å². The smallest absolute Gasteiger partial charge is 0.159 e. The lowest BCUT2D eigenvalue weighted by Crippen LogP contribution is -2.34. The molecule has 1 saturated carbocycles. The van der Waals surface area contributed by atoms with Gasteiger partial charge in [0.2, 0.25) is 0 Å². The van der Waals surface area contributed by atoms with Crippen LogP contribution in [0.1, 0.15) is 63.2 Å². The van der Waals surface area contributed by atoms with E-state index in [4.69, 9.17) is 0 Å². The number of ketones is 1. The van der Waals surface area contributed by atoms with Gasteiger partial charge in [0.1, 0.15) is 0 Å². The number of hydrogen-bond acceptors (Lipinski definition) is 2. The van der Waals surface area contributed by atoms with Crippen LogP contribution in [0.4, 0.5) is 5.69 Å². The number of anilines is 1. The molecule has 0 heterocycles. The molecule has 1 aliphatic carbocycles. The second-order valence-corrected chi connectivity index (χ2v) is 6.42. The monoisotopic (exact) mass is 273 g/mol. The van der Waals surface area contributed by atoms with Crippen molar-refractivity contribution in [1.82, 2.24) is 0 Å². The zero-order valence-electron chi connectivity index (χ0n) is 13.1. The number of rotatable bonds is 6. The third-order valence-electron chi connectivity index (χ3n) is 4.32. The van der Waals surface area contributed by atoms with Gasteiger partial charge in [0.25, 0.3) is 0 Å². The third-order valence-corrected chi connectivity index (χ3v) is 4.32. The first-order valence-electron chi connectivity index (χ1n) is 7.95. The minimum absolute atomic E-state index is 0.145. The van der Waals surface area contributed by atoms with Crippen LogP contribution in [0.5, 0.6) is 0 Å². The molecule has 0 aliphatic heterocycles. The van der Waals surface area contributed by atoms with Gasteiger partial charge in [0, 0.05) is 23.8 Å². The van der Waals surface area contributed by atoms with Crippen LogP contribution in [0.3, 0.4) is 0 Å². The van der Waals surface area contributed by atoms with E-state index in [1.54, 1.807) is 6.92 Å². The van der Waals surface area contributed by atoms with Crippen molar-refractivity contribution < 1.29 is 4.79 Å². The Hall–Kier alpha value is -1.31. The van der Waals surface area contributed by atoms with E-state index < -0.39 is 0 Å². The summed E-state index contributed by atoms with van der Waals surface area (Å²) in [5.74, 6) is 0.876.